The van der Waals surface area contributed by atoms with Crippen LogP contribution in [0, 0.1) is 22.7 Å². The fourth-order valence-corrected chi connectivity index (χ4v) is 3.28. The molecule has 1 aliphatic rings. The predicted octanol–water partition coefficient (Wildman–Crippen LogP) is 7.07. The lowest BCUT2D eigenvalue weighted by Gasteiger charge is -2.35. The number of carbonyl (C=O) groups excluding carboxylic acids is 1. The van der Waals surface area contributed by atoms with Gasteiger partial charge in [0, 0.05) is 29.4 Å². The summed E-state index contributed by atoms with van der Waals surface area (Å²) in [5.74, 6) is 0.352. The van der Waals surface area contributed by atoms with Gasteiger partial charge in [0.05, 0.1) is 13.2 Å². The van der Waals surface area contributed by atoms with E-state index < -0.39 is 0 Å². The SMILES string of the molecule is C/C=C\C(C)C1C(C)=C(COCCN)NC(CC(C)(C)C)=C1C=O.C=C.CC.CC.CC=N. The number of hydrogen-bond donors (Lipinski definition) is 3. The number of ether oxygens (including phenoxy) is 1. The number of carbonyl (C=O) groups is 1. The minimum atomic E-state index is 0.0915. The van der Waals surface area contributed by atoms with Crippen molar-refractivity contribution in [2.24, 2.45) is 23.0 Å². The smallest absolute Gasteiger partial charge is 0.148 e. The van der Waals surface area contributed by atoms with E-state index >= 15 is 0 Å². The minimum absolute atomic E-state index is 0.0915. The summed E-state index contributed by atoms with van der Waals surface area (Å²) >= 11 is 0. The van der Waals surface area contributed by atoms with E-state index in [9.17, 15) is 4.79 Å². The highest BCUT2D eigenvalue weighted by Crippen LogP contribution is 2.38. The highest BCUT2D eigenvalue weighted by Gasteiger charge is 2.32. The number of dihydropyridines is 1. The first kappa shape index (κ1) is 38.3. The van der Waals surface area contributed by atoms with E-state index in [2.05, 4.69) is 65.2 Å². The average molecular weight is 466 g/mol. The Morgan fingerprint density at radius 2 is 1.64 bits per heavy atom. The van der Waals surface area contributed by atoms with Crippen molar-refractivity contribution in [1.82, 2.24) is 5.32 Å². The maximum atomic E-state index is 11.9. The lowest BCUT2D eigenvalue weighted by molar-refractivity contribution is -0.105. The fraction of sp³-hybridized carbons (Fsp3) is 0.643. The molecule has 5 heteroatoms. The van der Waals surface area contributed by atoms with Crippen LogP contribution in [0.2, 0.25) is 0 Å². The van der Waals surface area contributed by atoms with Crippen LogP contribution in [0.25, 0.3) is 0 Å². The molecule has 0 aromatic carbocycles. The van der Waals surface area contributed by atoms with Crippen molar-refractivity contribution in [3.05, 3.63) is 47.9 Å². The highest BCUT2D eigenvalue weighted by atomic mass is 16.5. The first-order valence-electron chi connectivity index (χ1n) is 12.2. The highest BCUT2D eigenvalue weighted by molar-refractivity contribution is 5.77. The Bertz CT molecular complexity index is 584. The van der Waals surface area contributed by atoms with E-state index in [1.807, 2.05) is 34.6 Å². The number of allylic oxidation sites excluding steroid dienone is 5. The van der Waals surface area contributed by atoms with Gasteiger partial charge >= 0.3 is 0 Å². The van der Waals surface area contributed by atoms with Gasteiger partial charge in [-0.2, -0.15) is 0 Å². The van der Waals surface area contributed by atoms with Crippen LogP contribution in [0.4, 0.5) is 0 Å². The molecule has 33 heavy (non-hydrogen) atoms. The Morgan fingerprint density at radius 1 is 1.15 bits per heavy atom. The zero-order chi connectivity index (χ0) is 27.0. The second-order valence-corrected chi connectivity index (χ2v) is 8.07. The van der Waals surface area contributed by atoms with Gasteiger partial charge in [-0.3, -0.25) is 4.79 Å². The molecule has 0 saturated carbocycles. The molecule has 0 spiro atoms. The summed E-state index contributed by atoms with van der Waals surface area (Å²) in [6.45, 7) is 30.0. The van der Waals surface area contributed by atoms with Gasteiger partial charge in [0.15, 0.2) is 0 Å². The molecular formula is C28H55N3O2. The van der Waals surface area contributed by atoms with Crippen molar-refractivity contribution in [1.29, 1.82) is 5.41 Å². The van der Waals surface area contributed by atoms with Crippen LogP contribution < -0.4 is 11.1 Å². The molecule has 0 saturated heterocycles. The number of nitrogens with one attached hydrogen (secondary N) is 2. The van der Waals surface area contributed by atoms with Crippen molar-refractivity contribution in [2.45, 2.75) is 82.6 Å². The van der Waals surface area contributed by atoms with Crippen LogP contribution in [-0.4, -0.2) is 32.3 Å². The molecule has 0 bridgehead atoms. The van der Waals surface area contributed by atoms with Gasteiger partial charge in [-0.1, -0.05) is 67.5 Å². The Labute approximate surface area is 206 Å². The second kappa shape index (κ2) is 24.7. The van der Waals surface area contributed by atoms with Gasteiger partial charge in [0.25, 0.3) is 0 Å². The summed E-state index contributed by atoms with van der Waals surface area (Å²) in [6, 6.07) is 0. The summed E-state index contributed by atoms with van der Waals surface area (Å²) in [7, 11) is 0. The molecular weight excluding hydrogens is 410 g/mol. The number of nitrogens with two attached hydrogens (primary N) is 1. The molecule has 1 heterocycles. The van der Waals surface area contributed by atoms with Gasteiger partial charge in [0.1, 0.15) is 6.29 Å². The second-order valence-electron chi connectivity index (χ2n) is 8.07. The van der Waals surface area contributed by atoms with Gasteiger partial charge in [-0.25, -0.2) is 0 Å². The van der Waals surface area contributed by atoms with Crippen molar-refractivity contribution >= 4 is 12.5 Å². The minimum Gasteiger partial charge on any atom is -0.374 e. The van der Waals surface area contributed by atoms with Crippen LogP contribution in [-0.2, 0) is 9.53 Å². The molecule has 0 aromatic rings. The molecule has 0 aromatic heterocycles. The van der Waals surface area contributed by atoms with Crippen molar-refractivity contribution in [3.8, 4) is 0 Å². The molecule has 4 N–H and O–H groups in total. The van der Waals surface area contributed by atoms with Crippen LogP contribution in [0.15, 0.2) is 47.9 Å². The predicted molar refractivity (Wildman–Crippen MR) is 149 cm³/mol. The van der Waals surface area contributed by atoms with E-state index in [0.29, 0.717) is 19.8 Å². The van der Waals surface area contributed by atoms with Gasteiger partial charge < -0.3 is 21.2 Å². The summed E-state index contributed by atoms with van der Waals surface area (Å²) < 4.78 is 5.65. The number of rotatable bonds is 8. The third-order valence-corrected chi connectivity index (χ3v) is 4.29. The van der Waals surface area contributed by atoms with E-state index in [1.54, 1.807) is 6.92 Å². The Balaban J connectivity index is -0.000000410. The van der Waals surface area contributed by atoms with Crippen LogP contribution >= 0.6 is 0 Å². The average Bonchev–Trinajstić information content (AvgIpc) is 2.79. The summed E-state index contributed by atoms with van der Waals surface area (Å²) in [5, 5.41) is 9.57. The van der Waals surface area contributed by atoms with Gasteiger partial charge in [-0.05, 0) is 50.3 Å². The lowest BCUT2D eigenvalue weighted by atomic mass is 9.76. The standard InChI is InChI=1S/C20H34N2O2.C2H5N.2C2H6.C2H4/c1-7-8-14(2)19-15(3)18(13-24-10-9-21)22-17(16(19)12-23)11-20(4,5)6;1-2-3;3*1-2/h7-8,12,14,19,22H,9-11,13,21H2,1-6H3;2-3H,1H3;2*1-2H3;1-2H2/b8-7-;;;;. The molecule has 0 amide bonds. The summed E-state index contributed by atoms with van der Waals surface area (Å²) in [4.78, 5) is 11.9. The quantitative estimate of drug-likeness (QED) is 0.155. The molecule has 0 radical (unpaired) electrons. The molecule has 0 fully saturated rings. The fourth-order valence-electron chi connectivity index (χ4n) is 3.28. The molecule has 2 unspecified atom stereocenters. The molecule has 0 aliphatic carbocycles. The summed E-state index contributed by atoms with van der Waals surface area (Å²) in [5.41, 5.74) is 9.76. The van der Waals surface area contributed by atoms with Crippen LogP contribution in [0.3, 0.4) is 0 Å². The maximum absolute atomic E-state index is 11.9. The Hall–Kier alpha value is -1.98. The van der Waals surface area contributed by atoms with E-state index in [-0.39, 0.29) is 17.3 Å². The first-order valence-corrected chi connectivity index (χ1v) is 12.2. The zero-order valence-electron chi connectivity index (χ0n) is 23.6. The van der Waals surface area contributed by atoms with Gasteiger partial charge in [-0.15, -0.1) is 13.2 Å². The number of hydrogen-bond acceptors (Lipinski definition) is 5. The molecule has 2 atom stereocenters. The molecule has 1 rings (SSSR count). The van der Waals surface area contributed by atoms with Gasteiger partial charge in [0.2, 0.25) is 0 Å². The first-order chi connectivity index (χ1) is 15.7. The van der Waals surface area contributed by atoms with E-state index in [1.165, 1.54) is 11.8 Å². The molecule has 194 valence electrons. The normalized spacial score (nSPS) is 15.8. The zero-order valence-corrected chi connectivity index (χ0v) is 23.6. The topological polar surface area (TPSA) is 88.2 Å². The van der Waals surface area contributed by atoms with Crippen molar-refractivity contribution < 1.29 is 9.53 Å². The van der Waals surface area contributed by atoms with Crippen molar-refractivity contribution in [2.75, 3.05) is 19.8 Å². The maximum Gasteiger partial charge on any atom is 0.148 e. The van der Waals surface area contributed by atoms with E-state index in [0.717, 1.165) is 29.7 Å². The lowest BCUT2D eigenvalue weighted by Crippen LogP contribution is -2.34. The third kappa shape index (κ3) is 17.2. The largest absolute Gasteiger partial charge is 0.374 e. The third-order valence-electron chi connectivity index (χ3n) is 4.29. The Kier molecular flexibility index (Phi) is 28.6. The molecule has 5 nitrogen and oxygen atoms in total. The molecule has 1 aliphatic heterocycles. The van der Waals surface area contributed by atoms with Crippen LogP contribution in [0.1, 0.15) is 82.6 Å². The van der Waals surface area contributed by atoms with E-state index in [4.69, 9.17) is 15.9 Å². The Morgan fingerprint density at radius 3 is 2.00 bits per heavy atom. The number of aldehydes is 1. The summed E-state index contributed by atoms with van der Waals surface area (Å²) in [6.07, 6.45) is 7.32. The van der Waals surface area contributed by atoms with Crippen molar-refractivity contribution in [3.63, 3.8) is 0 Å². The van der Waals surface area contributed by atoms with Crippen LogP contribution in [0.5, 0.6) is 0 Å². The monoisotopic (exact) mass is 465 g/mol.